The molecule has 3 N–H and O–H groups in total. The van der Waals surface area contributed by atoms with Crippen LogP contribution in [0, 0.1) is 0 Å². The van der Waals surface area contributed by atoms with Crippen molar-refractivity contribution in [3.8, 4) is 16.9 Å². The normalized spacial score (nSPS) is 14.5. The van der Waals surface area contributed by atoms with Crippen LogP contribution in [0.25, 0.3) is 11.1 Å². The highest BCUT2D eigenvalue weighted by atomic mass is 19.4. The Kier molecular flexibility index (Phi) is 9.38. The van der Waals surface area contributed by atoms with E-state index in [1.807, 2.05) is 23.1 Å². The molecule has 1 aromatic heterocycles. The van der Waals surface area contributed by atoms with Gasteiger partial charge in [-0.15, -0.1) is 0 Å². The summed E-state index contributed by atoms with van der Waals surface area (Å²) in [6.45, 7) is 7.37. The van der Waals surface area contributed by atoms with Crippen LogP contribution in [0.5, 0.6) is 5.75 Å². The number of ether oxygens (including phenoxy) is 1. The number of halogens is 3. The number of nitrogens with zero attached hydrogens (tertiary/aromatic N) is 2. The molecule has 1 aliphatic heterocycles. The Bertz CT molecular complexity index is 1310. The van der Waals surface area contributed by atoms with Gasteiger partial charge in [0, 0.05) is 57.0 Å². The van der Waals surface area contributed by atoms with Gasteiger partial charge in [0.05, 0.1) is 11.8 Å². The third kappa shape index (κ3) is 8.03. The first kappa shape index (κ1) is 29.0. The lowest BCUT2D eigenvalue weighted by Gasteiger charge is -2.34. The van der Waals surface area contributed by atoms with Crippen molar-refractivity contribution < 1.29 is 32.5 Å². The molecule has 212 valence electrons. The number of benzene rings is 2. The van der Waals surface area contributed by atoms with Gasteiger partial charge in [0.1, 0.15) is 5.75 Å². The lowest BCUT2D eigenvalue weighted by Crippen LogP contribution is -2.45. The minimum Gasteiger partial charge on any atom is -0.484 e. The molecule has 0 aliphatic carbocycles. The minimum absolute atomic E-state index is 0.0646. The molecule has 2 aromatic carbocycles. The van der Waals surface area contributed by atoms with Gasteiger partial charge < -0.3 is 15.0 Å². The fraction of sp³-hybridized carbons (Fsp3) is 0.345. The van der Waals surface area contributed by atoms with Crippen LogP contribution in [0.1, 0.15) is 25.0 Å². The lowest BCUT2D eigenvalue weighted by molar-refractivity contribution is -0.359. The first-order chi connectivity index (χ1) is 19.1. The number of anilines is 2. The average Bonchev–Trinajstić information content (AvgIpc) is 2.93. The molecule has 0 atom stereocenters. The summed E-state index contributed by atoms with van der Waals surface area (Å²) >= 11 is 0. The highest BCUT2D eigenvalue weighted by Gasteiger charge is 2.34. The number of nitrogens with one attached hydrogen (secondary N) is 3. The number of aromatic amines is 1. The predicted molar refractivity (Wildman–Crippen MR) is 146 cm³/mol. The van der Waals surface area contributed by atoms with Crippen LogP contribution in [0.15, 0.2) is 60.8 Å². The summed E-state index contributed by atoms with van der Waals surface area (Å²) in [6, 6.07) is 14.5. The summed E-state index contributed by atoms with van der Waals surface area (Å²) < 4.78 is 47.1. The van der Waals surface area contributed by atoms with E-state index in [2.05, 4.69) is 27.4 Å². The lowest BCUT2D eigenvalue weighted by atomic mass is 10.0. The maximum absolute atomic E-state index is 13.8. The largest absolute Gasteiger partial charge is 0.484 e. The van der Waals surface area contributed by atoms with Crippen molar-refractivity contribution in [2.45, 2.75) is 26.6 Å². The smallest absolute Gasteiger partial charge is 0.416 e. The van der Waals surface area contributed by atoms with E-state index in [-0.39, 0.29) is 30.3 Å². The zero-order valence-electron chi connectivity index (χ0n) is 22.5. The Morgan fingerprint density at radius 2 is 1.60 bits per heavy atom. The molecule has 0 unspecified atom stereocenters. The van der Waals surface area contributed by atoms with Crippen LogP contribution in [0.4, 0.5) is 24.7 Å². The first-order valence-corrected chi connectivity index (χ1v) is 13.1. The molecule has 8 nitrogen and oxygen atoms in total. The van der Waals surface area contributed by atoms with Crippen LogP contribution in [-0.4, -0.2) is 60.9 Å². The molecular weight excluding hydrogens is 523 g/mol. The van der Waals surface area contributed by atoms with Crippen molar-refractivity contribution in [2.24, 2.45) is 0 Å². The third-order valence-electron chi connectivity index (χ3n) is 6.69. The van der Waals surface area contributed by atoms with Gasteiger partial charge in [-0.25, -0.2) is 15.1 Å². The number of amides is 2. The van der Waals surface area contributed by atoms with Gasteiger partial charge in [-0.05, 0) is 48.0 Å². The molecule has 40 heavy (non-hydrogen) atoms. The number of pyridine rings is 1. The Morgan fingerprint density at radius 1 is 0.925 bits per heavy atom. The van der Waals surface area contributed by atoms with Gasteiger partial charge >= 0.3 is 12.1 Å². The third-order valence-corrected chi connectivity index (χ3v) is 6.69. The first-order valence-electron chi connectivity index (χ1n) is 13.1. The predicted octanol–water partition coefficient (Wildman–Crippen LogP) is 4.30. The maximum atomic E-state index is 13.8. The van der Waals surface area contributed by atoms with Gasteiger partial charge in [0.25, 0.3) is 11.7 Å². The molecule has 0 saturated carbocycles. The number of carbonyl (C=O) groups is 2. The highest BCUT2D eigenvalue weighted by Crippen LogP contribution is 2.34. The summed E-state index contributed by atoms with van der Waals surface area (Å²) in [7, 11) is 0. The minimum atomic E-state index is -4.54. The van der Waals surface area contributed by atoms with Crippen molar-refractivity contribution in [1.82, 2.24) is 9.80 Å². The molecule has 1 aliphatic rings. The molecule has 0 spiro atoms. The van der Waals surface area contributed by atoms with Gasteiger partial charge in [0.2, 0.25) is 0 Å². The fourth-order valence-corrected chi connectivity index (χ4v) is 4.52. The second-order valence-corrected chi connectivity index (χ2v) is 9.61. The van der Waals surface area contributed by atoms with E-state index < -0.39 is 17.6 Å². The molecule has 1 saturated heterocycles. The highest BCUT2D eigenvalue weighted by molar-refractivity contribution is 5.92. The molecule has 0 bridgehead atoms. The number of carbonyl (C=O) groups excluding carboxylic acids is 2. The number of hydrogen-bond acceptors (Lipinski definition) is 5. The standard InChI is InChI=1S/C29H32F3N5O3/c1-3-36-12-14-37(15-13-36)18-23-4-8-24(16-26(23)29(30,31)32)35-28(39)19-40-25-9-5-21(6-10-25)22-7-11-27(33-17-22)34-20(2)38/h4-11,16-17H,3,12-15,18-19H2,1-2H3,(H,35,39)(H,33,34,38)/p+1. The van der Waals surface area contributed by atoms with E-state index in [0.717, 1.165) is 36.8 Å². The second kappa shape index (κ2) is 12.9. The number of hydrogen-bond donors (Lipinski definition) is 2. The number of piperazine rings is 1. The van der Waals surface area contributed by atoms with Gasteiger partial charge in [-0.3, -0.25) is 9.69 Å². The summed E-state index contributed by atoms with van der Waals surface area (Å²) in [5, 5.41) is 5.17. The van der Waals surface area contributed by atoms with Crippen LogP contribution in [-0.2, 0) is 22.3 Å². The summed E-state index contributed by atoms with van der Waals surface area (Å²) in [5.41, 5.74) is 1.27. The van der Waals surface area contributed by atoms with Crippen molar-refractivity contribution in [2.75, 3.05) is 50.0 Å². The van der Waals surface area contributed by atoms with Gasteiger partial charge in [-0.2, -0.15) is 13.2 Å². The number of aromatic nitrogens is 1. The van der Waals surface area contributed by atoms with E-state index in [4.69, 9.17) is 4.74 Å². The Balaban J connectivity index is 1.33. The quantitative estimate of drug-likeness (QED) is 0.411. The zero-order chi connectivity index (χ0) is 28.7. The fourth-order valence-electron chi connectivity index (χ4n) is 4.52. The van der Waals surface area contributed by atoms with E-state index in [0.29, 0.717) is 24.7 Å². The number of H-pyrrole nitrogens is 1. The maximum Gasteiger partial charge on any atom is 0.416 e. The van der Waals surface area contributed by atoms with E-state index in [1.54, 1.807) is 24.4 Å². The molecule has 0 radical (unpaired) electrons. The molecule has 2 heterocycles. The molecular formula is C29H33F3N5O3+. The summed E-state index contributed by atoms with van der Waals surface area (Å²) in [4.78, 5) is 30.9. The number of likely N-dealkylation sites (N-methyl/N-ethyl adjacent to an activating group) is 1. The Hall–Kier alpha value is -3.96. The topological polar surface area (TPSA) is 88.0 Å². The van der Waals surface area contributed by atoms with Gasteiger partial charge in [-0.1, -0.05) is 25.1 Å². The summed E-state index contributed by atoms with van der Waals surface area (Å²) in [5.74, 6) is 0.268. The summed E-state index contributed by atoms with van der Waals surface area (Å²) in [6.07, 6.45) is -2.79. The van der Waals surface area contributed by atoms with Crippen LogP contribution in [0.2, 0.25) is 0 Å². The monoisotopic (exact) mass is 556 g/mol. The van der Waals surface area contributed by atoms with Crippen molar-refractivity contribution >= 4 is 23.3 Å². The van der Waals surface area contributed by atoms with E-state index in [9.17, 15) is 22.8 Å². The van der Waals surface area contributed by atoms with E-state index in [1.165, 1.54) is 19.1 Å². The molecule has 11 heteroatoms. The molecule has 1 fully saturated rings. The van der Waals surface area contributed by atoms with Crippen LogP contribution < -0.4 is 20.4 Å². The van der Waals surface area contributed by atoms with Crippen molar-refractivity contribution in [3.05, 3.63) is 71.9 Å². The number of alkyl halides is 3. The van der Waals surface area contributed by atoms with Crippen molar-refractivity contribution in [1.29, 1.82) is 0 Å². The molecule has 4 rings (SSSR count). The second-order valence-electron chi connectivity index (χ2n) is 9.61. The van der Waals surface area contributed by atoms with Gasteiger partial charge in [0.15, 0.2) is 6.61 Å². The number of rotatable bonds is 9. The average molecular weight is 557 g/mol. The van der Waals surface area contributed by atoms with Crippen LogP contribution in [0.3, 0.4) is 0 Å². The van der Waals surface area contributed by atoms with E-state index >= 15 is 0 Å². The SMILES string of the molecule is CCN1CCN(Cc2ccc(NC(=O)COc3ccc(-c4ccc(NC(C)=O)[nH+]c4)cc3)cc2C(F)(F)F)CC1. The zero-order valence-corrected chi connectivity index (χ0v) is 22.5. The molecule has 3 aromatic rings. The van der Waals surface area contributed by atoms with Crippen molar-refractivity contribution in [3.63, 3.8) is 0 Å². The Labute approximate surface area is 231 Å². The molecule has 2 amide bonds. The Morgan fingerprint density at radius 3 is 2.20 bits per heavy atom. The van der Waals surface area contributed by atoms with Crippen LogP contribution >= 0.6 is 0 Å².